The minimum atomic E-state index is -2.99. The summed E-state index contributed by atoms with van der Waals surface area (Å²) in [5.74, 6) is 0. The normalized spacial score (nSPS) is 25.9. The fraction of sp³-hybridized carbons (Fsp3) is 0.706. The monoisotopic (exact) mass is 335 g/mol. The van der Waals surface area contributed by atoms with E-state index in [2.05, 4.69) is 16.0 Å². The molecule has 23 heavy (non-hydrogen) atoms. The fourth-order valence-corrected chi connectivity index (χ4v) is 5.96. The summed E-state index contributed by atoms with van der Waals surface area (Å²) in [5.41, 5.74) is 1.59. The van der Waals surface area contributed by atoms with Gasteiger partial charge in [-0.05, 0) is 55.7 Å². The minimum absolute atomic E-state index is 0.0674. The van der Waals surface area contributed by atoms with Crippen molar-refractivity contribution in [3.63, 3.8) is 0 Å². The highest BCUT2D eigenvalue weighted by atomic mass is 32.2. The average Bonchev–Trinajstić information content (AvgIpc) is 3.35. The Hall–Kier alpha value is -0.980. The lowest BCUT2D eigenvalue weighted by atomic mass is 9.78. The smallest absolute Gasteiger partial charge is 0.216 e. The van der Waals surface area contributed by atoms with Crippen LogP contribution < -0.4 is 0 Å². The number of aromatic nitrogens is 1. The van der Waals surface area contributed by atoms with Crippen molar-refractivity contribution in [2.24, 2.45) is 5.41 Å². The van der Waals surface area contributed by atoms with Crippen molar-refractivity contribution >= 4 is 10.0 Å². The molecule has 0 atom stereocenters. The molecule has 1 spiro atoms. The van der Waals surface area contributed by atoms with E-state index < -0.39 is 10.0 Å². The lowest BCUT2D eigenvalue weighted by molar-refractivity contribution is 0.153. The van der Waals surface area contributed by atoms with Crippen LogP contribution in [0.5, 0.6) is 0 Å². The highest BCUT2D eigenvalue weighted by Gasteiger charge is 2.46. The first-order chi connectivity index (χ1) is 11.1. The van der Waals surface area contributed by atoms with Gasteiger partial charge in [0, 0.05) is 38.6 Å². The molecule has 2 saturated heterocycles. The van der Waals surface area contributed by atoms with Gasteiger partial charge in [0.15, 0.2) is 0 Å². The topological polar surface area (TPSA) is 53.5 Å². The van der Waals surface area contributed by atoms with Crippen LogP contribution in [0.15, 0.2) is 24.5 Å². The zero-order valence-corrected chi connectivity index (χ0v) is 14.3. The lowest BCUT2D eigenvalue weighted by Gasteiger charge is -2.38. The minimum Gasteiger partial charge on any atom is -0.298 e. The van der Waals surface area contributed by atoms with E-state index in [0.717, 1.165) is 58.4 Å². The molecule has 0 amide bonds. The van der Waals surface area contributed by atoms with E-state index in [9.17, 15) is 8.42 Å². The molecule has 0 unspecified atom stereocenters. The summed E-state index contributed by atoms with van der Waals surface area (Å²) in [7, 11) is -2.99. The molecule has 0 bridgehead atoms. The third kappa shape index (κ3) is 3.16. The Kier molecular flexibility index (Phi) is 3.94. The molecule has 5 nitrogen and oxygen atoms in total. The van der Waals surface area contributed by atoms with E-state index in [1.54, 1.807) is 4.31 Å². The Labute approximate surface area is 138 Å². The molecule has 4 rings (SSSR count). The Bertz CT molecular complexity index is 650. The van der Waals surface area contributed by atoms with Crippen LogP contribution in [0.4, 0.5) is 0 Å². The lowest BCUT2D eigenvalue weighted by Crippen LogP contribution is -2.45. The van der Waals surface area contributed by atoms with Gasteiger partial charge >= 0.3 is 0 Å². The molecule has 0 N–H and O–H groups in total. The summed E-state index contributed by atoms with van der Waals surface area (Å²) >= 11 is 0. The first-order valence-corrected chi connectivity index (χ1v) is 10.2. The summed E-state index contributed by atoms with van der Waals surface area (Å²) in [5, 5.41) is -0.0674. The van der Waals surface area contributed by atoms with Gasteiger partial charge in [0.05, 0.1) is 5.25 Å². The van der Waals surface area contributed by atoms with Gasteiger partial charge in [-0.3, -0.25) is 9.88 Å². The molecule has 0 radical (unpaired) electrons. The van der Waals surface area contributed by atoms with Crippen molar-refractivity contribution in [1.82, 2.24) is 14.2 Å². The Balaban J connectivity index is 1.35. The third-order valence-corrected chi connectivity index (χ3v) is 8.13. The number of rotatable bonds is 4. The Morgan fingerprint density at radius 2 is 1.91 bits per heavy atom. The van der Waals surface area contributed by atoms with E-state index in [1.807, 2.05) is 18.5 Å². The molecular weight excluding hydrogens is 310 g/mol. The van der Waals surface area contributed by atoms with Crippen LogP contribution in [-0.2, 0) is 16.6 Å². The summed E-state index contributed by atoms with van der Waals surface area (Å²) in [6.07, 6.45) is 8.71. The van der Waals surface area contributed by atoms with Crippen LogP contribution in [-0.4, -0.2) is 54.0 Å². The van der Waals surface area contributed by atoms with E-state index in [0.29, 0.717) is 5.41 Å². The molecular formula is C17H25N3O2S. The number of sulfonamides is 1. The maximum absolute atomic E-state index is 12.4. The summed E-state index contributed by atoms with van der Waals surface area (Å²) in [6, 6.07) is 4.12. The number of piperidine rings is 1. The maximum Gasteiger partial charge on any atom is 0.216 e. The molecule has 6 heteroatoms. The number of hydrogen-bond donors (Lipinski definition) is 0. The van der Waals surface area contributed by atoms with Crippen LogP contribution in [0.1, 0.15) is 37.7 Å². The van der Waals surface area contributed by atoms with Gasteiger partial charge in [-0.1, -0.05) is 6.07 Å². The van der Waals surface area contributed by atoms with E-state index >= 15 is 0 Å². The van der Waals surface area contributed by atoms with Crippen molar-refractivity contribution in [3.8, 4) is 0 Å². The van der Waals surface area contributed by atoms with Gasteiger partial charge < -0.3 is 0 Å². The fourth-order valence-electron chi connectivity index (χ4n) is 4.11. The SMILES string of the molecule is O=S(=O)(C1CC1)N1CCC2(CCN(Cc3cccnc3)C2)CC1. The zero-order chi connectivity index (χ0) is 15.9. The number of hydrogen-bond acceptors (Lipinski definition) is 4. The summed E-state index contributed by atoms with van der Waals surface area (Å²) in [6.45, 7) is 4.61. The first-order valence-electron chi connectivity index (χ1n) is 8.68. The van der Waals surface area contributed by atoms with Gasteiger partial charge in [0.2, 0.25) is 10.0 Å². The molecule has 1 aromatic rings. The van der Waals surface area contributed by atoms with Crippen LogP contribution in [0.3, 0.4) is 0 Å². The molecule has 0 aromatic carbocycles. The molecule has 3 heterocycles. The average molecular weight is 335 g/mol. The Morgan fingerprint density at radius 1 is 1.17 bits per heavy atom. The molecule has 2 aliphatic heterocycles. The quantitative estimate of drug-likeness (QED) is 0.843. The largest absolute Gasteiger partial charge is 0.298 e. The van der Waals surface area contributed by atoms with Crippen LogP contribution >= 0.6 is 0 Å². The van der Waals surface area contributed by atoms with Gasteiger partial charge in [-0.2, -0.15) is 0 Å². The van der Waals surface area contributed by atoms with Gasteiger partial charge in [0.1, 0.15) is 0 Å². The van der Waals surface area contributed by atoms with E-state index in [-0.39, 0.29) is 5.25 Å². The second-order valence-corrected chi connectivity index (χ2v) is 9.68. The van der Waals surface area contributed by atoms with Gasteiger partial charge in [-0.25, -0.2) is 12.7 Å². The van der Waals surface area contributed by atoms with Crippen molar-refractivity contribution in [1.29, 1.82) is 0 Å². The summed E-state index contributed by atoms with van der Waals surface area (Å²) in [4.78, 5) is 6.69. The predicted molar refractivity (Wildman–Crippen MR) is 89.3 cm³/mol. The van der Waals surface area contributed by atoms with Gasteiger partial charge in [-0.15, -0.1) is 0 Å². The highest BCUT2D eigenvalue weighted by molar-refractivity contribution is 7.90. The molecule has 3 aliphatic rings. The maximum atomic E-state index is 12.4. The molecule has 3 fully saturated rings. The van der Waals surface area contributed by atoms with Crippen molar-refractivity contribution in [2.75, 3.05) is 26.2 Å². The molecule has 126 valence electrons. The van der Waals surface area contributed by atoms with Gasteiger partial charge in [0.25, 0.3) is 0 Å². The van der Waals surface area contributed by atoms with E-state index in [4.69, 9.17) is 0 Å². The highest BCUT2D eigenvalue weighted by Crippen LogP contribution is 2.42. The van der Waals surface area contributed by atoms with Crippen molar-refractivity contribution < 1.29 is 8.42 Å². The number of likely N-dealkylation sites (tertiary alicyclic amines) is 1. The third-order valence-electron chi connectivity index (χ3n) is 5.73. The molecule has 1 aliphatic carbocycles. The standard InChI is InChI=1S/C17H25N3O2S/c21-23(22,16-3-4-16)20-10-6-17(7-11-20)5-9-19(14-17)13-15-2-1-8-18-12-15/h1-2,8,12,16H,3-7,9-11,13-14H2. The second kappa shape index (κ2) is 5.83. The number of pyridine rings is 1. The number of nitrogens with zero attached hydrogens (tertiary/aromatic N) is 3. The Morgan fingerprint density at radius 3 is 2.57 bits per heavy atom. The predicted octanol–water partition coefficient (Wildman–Crippen LogP) is 1.86. The molecule has 1 saturated carbocycles. The molecule has 1 aromatic heterocycles. The zero-order valence-electron chi connectivity index (χ0n) is 13.5. The summed E-state index contributed by atoms with van der Waals surface area (Å²) < 4.78 is 26.5. The second-order valence-electron chi connectivity index (χ2n) is 7.47. The first kappa shape index (κ1) is 15.5. The van der Waals surface area contributed by atoms with E-state index in [1.165, 1.54) is 12.0 Å². The van der Waals surface area contributed by atoms with Crippen molar-refractivity contribution in [3.05, 3.63) is 30.1 Å². The van der Waals surface area contributed by atoms with Crippen molar-refractivity contribution in [2.45, 2.75) is 43.9 Å². The van der Waals surface area contributed by atoms with Crippen LogP contribution in [0, 0.1) is 5.41 Å². The van der Waals surface area contributed by atoms with Crippen LogP contribution in [0.25, 0.3) is 0 Å². The van der Waals surface area contributed by atoms with Crippen LogP contribution in [0.2, 0.25) is 0 Å².